The van der Waals surface area contributed by atoms with Crippen LogP contribution in [0.3, 0.4) is 0 Å². The number of halogens is 3. The fourth-order valence-electron chi connectivity index (χ4n) is 2.74. The fraction of sp³-hybridized carbons (Fsp3) is 0.222. The zero-order valence-electron chi connectivity index (χ0n) is 13.7. The largest absolute Gasteiger partial charge is 0.368 e. The van der Waals surface area contributed by atoms with Crippen molar-refractivity contribution >= 4 is 46.4 Å². The molecule has 2 aromatic rings. The highest BCUT2D eigenvalue weighted by atomic mass is 35.5. The van der Waals surface area contributed by atoms with Gasteiger partial charge in [-0.1, -0.05) is 29.3 Å². The lowest BCUT2D eigenvalue weighted by Gasteiger charge is -2.35. The normalized spacial score (nSPS) is 14.3. The summed E-state index contributed by atoms with van der Waals surface area (Å²) in [6, 6.07) is 11.0. The molecule has 1 fully saturated rings. The van der Waals surface area contributed by atoms with Crippen molar-refractivity contribution in [3.8, 4) is 0 Å². The van der Waals surface area contributed by atoms with E-state index in [0.29, 0.717) is 36.9 Å². The van der Waals surface area contributed by atoms with E-state index in [1.807, 2.05) is 4.90 Å². The van der Waals surface area contributed by atoms with E-state index in [1.54, 1.807) is 30.3 Å². The van der Waals surface area contributed by atoms with Crippen LogP contribution in [0.1, 0.15) is 0 Å². The molecule has 2 aromatic carbocycles. The molecule has 2 amide bonds. The number of nitrogens with zero attached hydrogens (tertiary/aromatic N) is 2. The second-order valence-corrected chi connectivity index (χ2v) is 6.60. The van der Waals surface area contributed by atoms with Crippen molar-refractivity contribution in [3.63, 3.8) is 0 Å². The Bertz CT molecular complexity index is 822. The lowest BCUT2D eigenvalue weighted by Crippen LogP contribution is -2.51. The van der Waals surface area contributed by atoms with E-state index in [2.05, 4.69) is 5.32 Å². The molecule has 0 atom stereocenters. The molecular formula is C18H16Cl2FN3O2. The second kappa shape index (κ2) is 7.93. The third-order valence-electron chi connectivity index (χ3n) is 4.15. The zero-order chi connectivity index (χ0) is 18.7. The number of hydrogen-bond donors (Lipinski definition) is 1. The predicted octanol–water partition coefficient (Wildman–Crippen LogP) is 3.42. The van der Waals surface area contributed by atoms with Crippen LogP contribution in [0.15, 0.2) is 42.5 Å². The number of hydrogen-bond acceptors (Lipinski definition) is 3. The Balaban J connectivity index is 1.58. The minimum atomic E-state index is -0.760. The van der Waals surface area contributed by atoms with Crippen LogP contribution in [0, 0.1) is 5.82 Å². The average Bonchev–Trinajstić information content (AvgIpc) is 2.65. The van der Waals surface area contributed by atoms with Gasteiger partial charge in [0.15, 0.2) is 0 Å². The van der Waals surface area contributed by atoms with Gasteiger partial charge in [0.2, 0.25) is 0 Å². The molecule has 1 aliphatic rings. The molecule has 1 heterocycles. The Morgan fingerprint density at radius 1 is 0.962 bits per heavy atom. The average molecular weight is 396 g/mol. The SMILES string of the molecule is O=C(Nc1cccc(Cl)c1Cl)C(=O)N1CCN(c2ccc(F)cc2)CC1. The number of piperazine rings is 1. The van der Waals surface area contributed by atoms with Crippen molar-refractivity contribution in [2.45, 2.75) is 0 Å². The number of amides is 2. The predicted molar refractivity (Wildman–Crippen MR) is 100 cm³/mol. The summed E-state index contributed by atoms with van der Waals surface area (Å²) in [6.07, 6.45) is 0. The lowest BCUT2D eigenvalue weighted by atomic mass is 10.2. The molecule has 26 heavy (non-hydrogen) atoms. The van der Waals surface area contributed by atoms with Gasteiger partial charge in [0.1, 0.15) is 5.82 Å². The Labute approximate surface area is 160 Å². The molecule has 0 bridgehead atoms. The minimum absolute atomic E-state index is 0.191. The summed E-state index contributed by atoms with van der Waals surface area (Å²) in [5, 5.41) is 2.98. The molecule has 3 rings (SSSR count). The topological polar surface area (TPSA) is 52.7 Å². The van der Waals surface area contributed by atoms with E-state index < -0.39 is 11.8 Å². The van der Waals surface area contributed by atoms with Crippen LogP contribution >= 0.6 is 23.2 Å². The van der Waals surface area contributed by atoms with E-state index >= 15 is 0 Å². The number of anilines is 2. The van der Waals surface area contributed by atoms with E-state index in [-0.39, 0.29) is 10.8 Å². The molecule has 0 aromatic heterocycles. The molecule has 8 heteroatoms. The van der Waals surface area contributed by atoms with Crippen LogP contribution in [0.4, 0.5) is 15.8 Å². The van der Waals surface area contributed by atoms with Gasteiger partial charge in [-0.25, -0.2) is 4.39 Å². The van der Waals surface area contributed by atoms with Gasteiger partial charge < -0.3 is 15.1 Å². The van der Waals surface area contributed by atoms with Crippen molar-refractivity contribution in [1.29, 1.82) is 0 Å². The summed E-state index contributed by atoms with van der Waals surface area (Å²) in [4.78, 5) is 28.1. The van der Waals surface area contributed by atoms with Crippen molar-refractivity contribution < 1.29 is 14.0 Å². The Morgan fingerprint density at radius 3 is 2.27 bits per heavy atom. The Hall–Kier alpha value is -2.31. The molecule has 1 N–H and O–H groups in total. The van der Waals surface area contributed by atoms with Crippen LogP contribution in [-0.4, -0.2) is 42.9 Å². The van der Waals surface area contributed by atoms with Crippen LogP contribution < -0.4 is 10.2 Å². The molecule has 1 aliphatic heterocycles. The van der Waals surface area contributed by atoms with Crippen LogP contribution in [0.2, 0.25) is 10.0 Å². The summed E-state index contributed by atoms with van der Waals surface area (Å²) >= 11 is 11.9. The quantitative estimate of drug-likeness (QED) is 0.792. The van der Waals surface area contributed by atoms with E-state index in [1.165, 1.54) is 17.0 Å². The van der Waals surface area contributed by atoms with Gasteiger partial charge in [-0.15, -0.1) is 0 Å². The standard InChI is InChI=1S/C18H16Cl2FN3O2/c19-14-2-1-3-15(16(14)20)22-17(25)18(26)24-10-8-23(9-11-24)13-6-4-12(21)5-7-13/h1-7H,8-11H2,(H,22,25). The maximum Gasteiger partial charge on any atom is 0.313 e. The third-order valence-corrected chi connectivity index (χ3v) is 4.97. The highest BCUT2D eigenvalue weighted by Gasteiger charge is 2.26. The molecule has 0 aliphatic carbocycles. The van der Waals surface area contributed by atoms with Gasteiger partial charge >= 0.3 is 11.8 Å². The fourth-order valence-corrected chi connectivity index (χ4v) is 3.09. The van der Waals surface area contributed by atoms with Crippen molar-refractivity contribution in [1.82, 2.24) is 4.90 Å². The molecular weight excluding hydrogens is 380 g/mol. The molecule has 0 spiro atoms. The number of nitrogens with one attached hydrogen (secondary N) is 1. The number of carbonyl (C=O) groups excluding carboxylic acids is 2. The second-order valence-electron chi connectivity index (χ2n) is 5.81. The van der Waals surface area contributed by atoms with Crippen molar-refractivity contribution in [3.05, 3.63) is 58.3 Å². The lowest BCUT2D eigenvalue weighted by molar-refractivity contribution is -0.143. The molecule has 0 radical (unpaired) electrons. The zero-order valence-corrected chi connectivity index (χ0v) is 15.2. The summed E-state index contributed by atoms with van der Waals surface area (Å²) in [5.41, 5.74) is 1.18. The first-order chi connectivity index (χ1) is 12.5. The van der Waals surface area contributed by atoms with Gasteiger partial charge in [-0.2, -0.15) is 0 Å². The first kappa shape index (κ1) is 18.5. The molecule has 136 valence electrons. The van der Waals surface area contributed by atoms with Gasteiger partial charge in [0.05, 0.1) is 15.7 Å². The number of benzene rings is 2. The van der Waals surface area contributed by atoms with Gasteiger partial charge in [0, 0.05) is 31.9 Å². The van der Waals surface area contributed by atoms with Gasteiger partial charge in [0.25, 0.3) is 0 Å². The first-order valence-electron chi connectivity index (χ1n) is 8.00. The molecule has 0 saturated carbocycles. The monoisotopic (exact) mass is 395 g/mol. The van der Waals surface area contributed by atoms with Crippen LogP contribution in [-0.2, 0) is 9.59 Å². The summed E-state index contributed by atoms with van der Waals surface area (Å²) < 4.78 is 13.0. The molecule has 5 nitrogen and oxygen atoms in total. The highest BCUT2D eigenvalue weighted by molar-refractivity contribution is 6.45. The van der Waals surface area contributed by atoms with E-state index in [9.17, 15) is 14.0 Å². The van der Waals surface area contributed by atoms with E-state index in [0.717, 1.165) is 5.69 Å². The number of rotatable bonds is 2. The minimum Gasteiger partial charge on any atom is -0.368 e. The Morgan fingerprint density at radius 2 is 1.62 bits per heavy atom. The smallest absolute Gasteiger partial charge is 0.313 e. The van der Waals surface area contributed by atoms with Gasteiger partial charge in [-0.3, -0.25) is 9.59 Å². The van der Waals surface area contributed by atoms with Crippen LogP contribution in [0.25, 0.3) is 0 Å². The first-order valence-corrected chi connectivity index (χ1v) is 8.76. The van der Waals surface area contributed by atoms with Gasteiger partial charge in [-0.05, 0) is 36.4 Å². The Kier molecular flexibility index (Phi) is 5.64. The third kappa shape index (κ3) is 4.08. The maximum atomic E-state index is 13.0. The van der Waals surface area contributed by atoms with Crippen molar-refractivity contribution in [2.75, 3.05) is 36.4 Å². The summed E-state index contributed by atoms with van der Waals surface area (Å²) in [5.74, 6) is -1.68. The maximum absolute atomic E-state index is 13.0. The summed E-state index contributed by atoms with van der Waals surface area (Å²) in [6.45, 7) is 1.91. The summed E-state index contributed by atoms with van der Waals surface area (Å²) in [7, 11) is 0. The molecule has 0 unspecified atom stereocenters. The van der Waals surface area contributed by atoms with E-state index in [4.69, 9.17) is 23.2 Å². The molecule has 1 saturated heterocycles. The number of carbonyl (C=O) groups is 2. The van der Waals surface area contributed by atoms with Crippen LogP contribution in [0.5, 0.6) is 0 Å². The highest BCUT2D eigenvalue weighted by Crippen LogP contribution is 2.29. The van der Waals surface area contributed by atoms with Crippen molar-refractivity contribution in [2.24, 2.45) is 0 Å².